The normalized spacial score (nSPS) is 23.8. The average molecular weight is 365 g/mol. The number of hydrogen-bond donors (Lipinski definition) is 1. The van der Waals surface area contributed by atoms with Crippen molar-refractivity contribution in [1.29, 1.82) is 0 Å². The molecule has 2 atom stereocenters. The minimum atomic E-state index is -0.913. The van der Waals surface area contributed by atoms with E-state index in [1.54, 1.807) is 21.9 Å². The number of nitrogens with zero attached hydrogens (tertiary/aromatic N) is 2. The number of aliphatic carboxylic acids is 1. The number of hydrogen-bond acceptors (Lipinski definition) is 3. The second-order valence-corrected chi connectivity index (χ2v) is 7.11. The summed E-state index contributed by atoms with van der Waals surface area (Å²) < 4.78 is 0. The molecule has 0 bridgehead atoms. The monoisotopic (exact) mass is 364 g/mol. The Morgan fingerprint density at radius 2 is 1.88 bits per heavy atom. The van der Waals surface area contributed by atoms with Gasteiger partial charge in [0.25, 0.3) is 0 Å². The highest BCUT2D eigenvalue weighted by atomic mass is 35.5. The SMILES string of the molecule is O=C(O)[C@@H]1CN(C(=O)CN2CCCCC2=O)C[C@H]1c1ccc(Cl)cc1. The Morgan fingerprint density at radius 1 is 1.16 bits per heavy atom. The van der Waals surface area contributed by atoms with Crippen LogP contribution in [0.15, 0.2) is 24.3 Å². The molecule has 1 aromatic rings. The van der Waals surface area contributed by atoms with Crippen LogP contribution < -0.4 is 0 Å². The number of carboxylic acids is 1. The fourth-order valence-electron chi connectivity index (χ4n) is 3.60. The van der Waals surface area contributed by atoms with Gasteiger partial charge in [0.05, 0.1) is 12.5 Å². The molecule has 0 unspecified atom stereocenters. The lowest BCUT2D eigenvalue weighted by atomic mass is 9.89. The van der Waals surface area contributed by atoms with Gasteiger partial charge in [0, 0.05) is 37.0 Å². The third-order valence-corrected chi connectivity index (χ3v) is 5.29. The summed E-state index contributed by atoms with van der Waals surface area (Å²) in [7, 11) is 0. The van der Waals surface area contributed by atoms with Crippen LogP contribution >= 0.6 is 11.6 Å². The summed E-state index contributed by atoms with van der Waals surface area (Å²) in [5, 5.41) is 10.1. The van der Waals surface area contributed by atoms with E-state index in [4.69, 9.17) is 11.6 Å². The quantitative estimate of drug-likeness (QED) is 0.886. The van der Waals surface area contributed by atoms with Gasteiger partial charge in [-0.2, -0.15) is 0 Å². The summed E-state index contributed by atoms with van der Waals surface area (Å²) in [4.78, 5) is 39.2. The summed E-state index contributed by atoms with van der Waals surface area (Å²) in [6.45, 7) is 1.16. The van der Waals surface area contributed by atoms with Crippen LogP contribution in [0.25, 0.3) is 0 Å². The molecule has 1 aromatic carbocycles. The van der Waals surface area contributed by atoms with Gasteiger partial charge in [-0.25, -0.2) is 0 Å². The molecule has 134 valence electrons. The van der Waals surface area contributed by atoms with E-state index in [2.05, 4.69) is 0 Å². The minimum absolute atomic E-state index is 0.00262. The predicted octanol–water partition coefficient (Wildman–Crippen LogP) is 1.98. The number of likely N-dealkylation sites (tertiary alicyclic amines) is 2. The van der Waals surface area contributed by atoms with Gasteiger partial charge in [-0.15, -0.1) is 0 Å². The average Bonchev–Trinajstić information content (AvgIpc) is 3.03. The molecular formula is C18H21ClN2O4. The van der Waals surface area contributed by atoms with Crippen molar-refractivity contribution in [3.05, 3.63) is 34.9 Å². The van der Waals surface area contributed by atoms with E-state index in [9.17, 15) is 19.5 Å². The van der Waals surface area contributed by atoms with Crippen LogP contribution in [-0.4, -0.2) is 58.9 Å². The zero-order valence-electron chi connectivity index (χ0n) is 13.9. The number of benzene rings is 1. The van der Waals surface area contributed by atoms with Crippen molar-refractivity contribution < 1.29 is 19.5 Å². The van der Waals surface area contributed by atoms with Crippen molar-refractivity contribution >= 4 is 29.4 Å². The largest absolute Gasteiger partial charge is 0.481 e. The van der Waals surface area contributed by atoms with Crippen molar-refractivity contribution in [1.82, 2.24) is 9.80 Å². The Kier molecular flexibility index (Phi) is 5.27. The Hall–Kier alpha value is -2.08. The molecular weight excluding hydrogens is 344 g/mol. The molecule has 2 amide bonds. The van der Waals surface area contributed by atoms with Crippen LogP contribution in [0.3, 0.4) is 0 Å². The number of halogens is 1. The second-order valence-electron chi connectivity index (χ2n) is 6.67. The summed E-state index contributed by atoms with van der Waals surface area (Å²) in [5.74, 6) is -2.01. The number of carbonyl (C=O) groups excluding carboxylic acids is 2. The van der Waals surface area contributed by atoms with Crippen molar-refractivity contribution in [3.8, 4) is 0 Å². The van der Waals surface area contributed by atoms with Gasteiger partial charge in [-0.05, 0) is 30.5 Å². The van der Waals surface area contributed by atoms with Crippen molar-refractivity contribution in [2.24, 2.45) is 5.92 Å². The van der Waals surface area contributed by atoms with E-state index in [0.29, 0.717) is 24.5 Å². The lowest BCUT2D eigenvalue weighted by Gasteiger charge is -2.28. The highest BCUT2D eigenvalue weighted by molar-refractivity contribution is 6.30. The van der Waals surface area contributed by atoms with E-state index < -0.39 is 11.9 Å². The highest BCUT2D eigenvalue weighted by Crippen LogP contribution is 2.33. The first-order chi connectivity index (χ1) is 12.0. The molecule has 0 aromatic heterocycles. The highest BCUT2D eigenvalue weighted by Gasteiger charge is 2.40. The Morgan fingerprint density at radius 3 is 2.52 bits per heavy atom. The van der Waals surface area contributed by atoms with Crippen LogP contribution in [0, 0.1) is 5.92 Å². The molecule has 7 heteroatoms. The predicted molar refractivity (Wildman–Crippen MR) is 92.3 cm³/mol. The Balaban J connectivity index is 1.70. The molecule has 6 nitrogen and oxygen atoms in total. The zero-order chi connectivity index (χ0) is 18.0. The van der Waals surface area contributed by atoms with Crippen LogP contribution in [0.2, 0.25) is 5.02 Å². The van der Waals surface area contributed by atoms with E-state index in [-0.39, 0.29) is 30.8 Å². The zero-order valence-corrected chi connectivity index (χ0v) is 14.6. The summed E-state index contributed by atoms with van der Waals surface area (Å²) in [6, 6.07) is 7.08. The second kappa shape index (κ2) is 7.44. The maximum atomic E-state index is 12.6. The standard InChI is InChI=1S/C18H21ClN2O4/c19-13-6-4-12(5-7-13)14-9-21(10-15(14)18(24)25)17(23)11-20-8-2-1-3-16(20)22/h4-7,14-15H,1-3,8-11H2,(H,24,25)/t14-,15+/m0/s1. The van der Waals surface area contributed by atoms with Gasteiger partial charge >= 0.3 is 5.97 Å². The molecule has 0 radical (unpaired) electrons. The number of amides is 2. The number of carbonyl (C=O) groups is 3. The van der Waals surface area contributed by atoms with Crippen molar-refractivity contribution in [2.45, 2.75) is 25.2 Å². The first-order valence-corrected chi connectivity index (χ1v) is 8.87. The van der Waals surface area contributed by atoms with Crippen LogP contribution in [-0.2, 0) is 14.4 Å². The fourth-order valence-corrected chi connectivity index (χ4v) is 3.72. The maximum absolute atomic E-state index is 12.6. The molecule has 2 heterocycles. The molecule has 2 saturated heterocycles. The lowest BCUT2D eigenvalue weighted by Crippen LogP contribution is -2.44. The topological polar surface area (TPSA) is 77.9 Å². The van der Waals surface area contributed by atoms with Gasteiger partial charge < -0.3 is 14.9 Å². The molecule has 2 aliphatic rings. The van der Waals surface area contributed by atoms with Crippen LogP contribution in [0.5, 0.6) is 0 Å². The number of piperidine rings is 1. The molecule has 3 rings (SSSR count). The lowest BCUT2D eigenvalue weighted by molar-refractivity contribution is -0.143. The third kappa shape index (κ3) is 3.95. The molecule has 25 heavy (non-hydrogen) atoms. The first kappa shape index (κ1) is 17.7. The van der Waals surface area contributed by atoms with E-state index in [1.807, 2.05) is 12.1 Å². The molecule has 2 fully saturated rings. The van der Waals surface area contributed by atoms with E-state index in [0.717, 1.165) is 18.4 Å². The maximum Gasteiger partial charge on any atom is 0.308 e. The smallest absolute Gasteiger partial charge is 0.308 e. The number of rotatable bonds is 4. The van der Waals surface area contributed by atoms with Gasteiger partial charge in [0.2, 0.25) is 11.8 Å². The Bertz CT molecular complexity index is 676. The van der Waals surface area contributed by atoms with Crippen LogP contribution in [0.1, 0.15) is 30.7 Å². The van der Waals surface area contributed by atoms with Crippen LogP contribution in [0.4, 0.5) is 0 Å². The van der Waals surface area contributed by atoms with Gasteiger partial charge in [0.1, 0.15) is 0 Å². The minimum Gasteiger partial charge on any atom is -0.481 e. The molecule has 0 spiro atoms. The molecule has 0 aliphatic carbocycles. The fraction of sp³-hybridized carbons (Fsp3) is 0.500. The van der Waals surface area contributed by atoms with E-state index in [1.165, 1.54) is 0 Å². The van der Waals surface area contributed by atoms with Crippen molar-refractivity contribution in [3.63, 3.8) is 0 Å². The molecule has 1 N–H and O–H groups in total. The van der Waals surface area contributed by atoms with Gasteiger partial charge in [-0.3, -0.25) is 14.4 Å². The number of carboxylic acid groups (broad SMARTS) is 1. The molecule has 0 saturated carbocycles. The van der Waals surface area contributed by atoms with Gasteiger partial charge in [0.15, 0.2) is 0 Å². The van der Waals surface area contributed by atoms with Crippen molar-refractivity contribution in [2.75, 3.05) is 26.2 Å². The summed E-state index contributed by atoms with van der Waals surface area (Å²) in [6.07, 6.45) is 2.26. The Labute approximate surface area is 151 Å². The van der Waals surface area contributed by atoms with Gasteiger partial charge in [-0.1, -0.05) is 23.7 Å². The first-order valence-electron chi connectivity index (χ1n) is 8.49. The summed E-state index contributed by atoms with van der Waals surface area (Å²) >= 11 is 5.90. The molecule has 2 aliphatic heterocycles. The van der Waals surface area contributed by atoms with E-state index >= 15 is 0 Å². The summed E-state index contributed by atoms with van der Waals surface area (Å²) in [5.41, 5.74) is 0.862. The third-order valence-electron chi connectivity index (χ3n) is 5.04.